The van der Waals surface area contributed by atoms with Crippen LogP contribution >= 0.6 is 0 Å². The second-order valence-electron chi connectivity index (χ2n) is 19.6. The van der Waals surface area contributed by atoms with Gasteiger partial charge in [-0.05, 0) is 78.4 Å². The summed E-state index contributed by atoms with van der Waals surface area (Å²) < 4.78 is 49.1. The Labute approximate surface area is 399 Å². The Kier molecular flexibility index (Phi) is 15.3. The van der Waals surface area contributed by atoms with Gasteiger partial charge in [-0.2, -0.15) is 0 Å². The van der Waals surface area contributed by atoms with Crippen molar-refractivity contribution in [3.8, 4) is 34.5 Å². The highest BCUT2D eigenvalue weighted by Crippen LogP contribution is 2.64. The van der Waals surface area contributed by atoms with Crippen molar-refractivity contribution in [3.63, 3.8) is 0 Å². The molecule has 0 radical (unpaired) electrons. The number of ether oxygens (including phenoxy) is 8. The van der Waals surface area contributed by atoms with Crippen LogP contribution in [-0.4, -0.2) is 122 Å². The van der Waals surface area contributed by atoms with Gasteiger partial charge in [0.15, 0.2) is 34.5 Å². The van der Waals surface area contributed by atoms with Gasteiger partial charge in [0.2, 0.25) is 0 Å². The number of methoxy groups -OCH3 is 6. The Bertz CT molecular complexity index is 2280. The van der Waals surface area contributed by atoms with Crippen molar-refractivity contribution < 1.29 is 51.7 Å². The lowest BCUT2D eigenvalue weighted by molar-refractivity contribution is -0.955. The fourth-order valence-corrected chi connectivity index (χ4v) is 13.2. The maximum absolute atomic E-state index is 13.4. The minimum absolute atomic E-state index is 0.0929. The standard InChI is InChI=1S/C56H76N2O9/c1-9-27-57(30-24-40-37-50(64-7)51(65-8)38-42(40)44(57)34-39-18-21-46(60-3)49(35-39)63-6)29-16-14-12-11-13-15-17-33-66-52(59)25-31-58(28-10-2)32-26-56-43-20-23-48(62-5)55(56)67-54-47(61-4)22-19-41(53(54)56)36-45(43)58/h9-10,18-23,35,37-38,43-45,48,55H,1-2,11-17,24-34,36H2,3-8H3/q+2/t43?,44-,45-,48+,55-,56+,57?,58?/m1/s1. The largest absolute Gasteiger partial charge is 0.493 e. The van der Waals surface area contributed by atoms with E-state index in [-0.39, 0.29) is 35.6 Å². The van der Waals surface area contributed by atoms with E-state index in [2.05, 4.69) is 67.8 Å². The summed E-state index contributed by atoms with van der Waals surface area (Å²) in [6.45, 7) is 14.5. The van der Waals surface area contributed by atoms with Gasteiger partial charge < -0.3 is 46.9 Å². The number of piperidine rings is 1. The summed E-state index contributed by atoms with van der Waals surface area (Å²) in [7, 11) is 10.3. The molecule has 5 aliphatic rings. The number of hydrogen-bond donors (Lipinski definition) is 0. The monoisotopic (exact) mass is 921 g/mol. The number of quaternary nitrogens is 2. The first-order valence-electron chi connectivity index (χ1n) is 24.8. The third-order valence-electron chi connectivity index (χ3n) is 16.5. The van der Waals surface area contributed by atoms with Crippen molar-refractivity contribution in [1.29, 1.82) is 0 Å². The normalized spacial score (nSPS) is 27.2. The molecule has 362 valence electrons. The zero-order chi connectivity index (χ0) is 47.2. The Morgan fingerprint density at radius 3 is 2.12 bits per heavy atom. The van der Waals surface area contributed by atoms with E-state index in [0.29, 0.717) is 19.1 Å². The molecule has 2 bridgehead atoms. The number of likely N-dealkylation sites (tertiary alicyclic amines) is 1. The van der Waals surface area contributed by atoms with Crippen LogP contribution in [0, 0.1) is 5.92 Å². The molecule has 0 N–H and O–H groups in total. The van der Waals surface area contributed by atoms with Crippen molar-refractivity contribution >= 4 is 5.97 Å². The van der Waals surface area contributed by atoms with E-state index in [1.165, 1.54) is 47.1 Å². The number of benzene rings is 3. The van der Waals surface area contributed by atoms with Crippen LogP contribution in [0.2, 0.25) is 0 Å². The summed E-state index contributed by atoms with van der Waals surface area (Å²) in [5.41, 5.74) is 6.35. The van der Waals surface area contributed by atoms with E-state index >= 15 is 0 Å². The van der Waals surface area contributed by atoms with E-state index in [0.717, 1.165) is 134 Å². The molecule has 0 aromatic heterocycles. The summed E-state index contributed by atoms with van der Waals surface area (Å²) in [4.78, 5) is 13.4. The molecule has 8 rings (SSSR count). The molecule has 3 aromatic rings. The number of carbonyl (C=O) groups excluding carboxylic acids is 1. The topological polar surface area (TPSA) is 90.9 Å². The number of nitrogens with zero attached hydrogens (tertiary/aromatic N) is 2. The predicted molar refractivity (Wildman–Crippen MR) is 262 cm³/mol. The maximum atomic E-state index is 13.4. The predicted octanol–water partition coefficient (Wildman–Crippen LogP) is 9.47. The molecular weight excluding hydrogens is 845 g/mol. The van der Waals surface area contributed by atoms with E-state index in [4.69, 9.17) is 37.9 Å². The van der Waals surface area contributed by atoms with Gasteiger partial charge in [-0.25, -0.2) is 0 Å². The van der Waals surface area contributed by atoms with Gasteiger partial charge in [0.1, 0.15) is 24.3 Å². The van der Waals surface area contributed by atoms with Crippen LogP contribution in [0.5, 0.6) is 34.5 Å². The fraction of sp³-hybridized carbons (Fsp3) is 0.554. The van der Waals surface area contributed by atoms with Crippen LogP contribution in [0.4, 0.5) is 0 Å². The lowest BCUT2D eigenvalue weighted by Gasteiger charge is -2.61. The highest BCUT2D eigenvalue weighted by molar-refractivity contribution is 5.69. The SMILES string of the molecule is C=CC[N+]1(CCCCCCCCCOC(=O)CC[N+]2(CC=C)CC[C@]34c5c6ccc(OC)c5O[C@@H]3[C@@H](OC)C=CC4[C@H]2C6)CCc2cc(OC)c(OC)cc2[C@H]1Cc1ccc(OC)c(OC)c1. The highest BCUT2D eigenvalue weighted by Gasteiger charge is 2.68. The lowest BCUT2D eigenvalue weighted by Crippen LogP contribution is -2.72. The first-order valence-corrected chi connectivity index (χ1v) is 24.8. The molecule has 67 heavy (non-hydrogen) atoms. The summed E-state index contributed by atoms with van der Waals surface area (Å²) in [6, 6.07) is 15.5. The van der Waals surface area contributed by atoms with Gasteiger partial charge in [0, 0.05) is 49.8 Å². The van der Waals surface area contributed by atoms with Crippen molar-refractivity contribution in [2.45, 2.75) is 107 Å². The Morgan fingerprint density at radius 2 is 1.40 bits per heavy atom. The van der Waals surface area contributed by atoms with Crippen LogP contribution in [0.25, 0.3) is 0 Å². The smallest absolute Gasteiger partial charge is 0.311 e. The number of fused-ring (bicyclic) bond motifs is 1. The molecule has 8 atom stereocenters. The third-order valence-corrected chi connectivity index (χ3v) is 16.5. The average Bonchev–Trinajstić information content (AvgIpc) is 3.71. The molecule has 1 saturated heterocycles. The molecular formula is C56H76N2O9+2. The second kappa shape index (κ2) is 21.1. The number of esters is 1. The highest BCUT2D eigenvalue weighted by atomic mass is 16.6. The van der Waals surface area contributed by atoms with Crippen LogP contribution in [0.1, 0.15) is 91.6 Å². The zero-order valence-corrected chi connectivity index (χ0v) is 41.2. The van der Waals surface area contributed by atoms with Crippen molar-refractivity contribution in [3.05, 3.63) is 108 Å². The van der Waals surface area contributed by atoms with Crippen molar-refractivity contribution in [2.24, 2.45) is 5.92 Å². The van der Waals surface area contributed by atoms with Gasteiger partial charge in [-0.1, -0.05) is 63.1 Å². The molecule has 3 aromatic carbocycles. The zero-order valence-electron chi connectivity index (χ0n) is 41.2. The summed E-state index contributed by atoms with van der Waals surface area (Å²) in [6.07, 6.45) is 20.4. The van der Waals surface area contributed by atoms with E-state index in [1.54, 1.807) is 42.7 Å². The summed E-state index contributed by atoms with van der Waals surface area (Å²) in [5, 5.41) is 0. The van der Waals surface area contributed by atoms with Crippen LogP contribution in [0.3, 0.4) is 0 Å². The minimum atomic E-state index is -0.169. The van der Waals surface area contributed by atoms with Gasteiger partial charge in [0.25, 0.3) is 0 Å². The molecule has 0 saturated carbocycles. The number of rotatable bonds is 25. The Morgan fingerprint density at radius 1 is 0.731 bits per heavy atom. The minimum Gasteiger partial charge on any atom is -0.493 e. The molecule has 2 aliphatic carbocycles. The maximum Gasteiger partial charge on any atom is 0.311 e. The van der Waals surface area contributed by atoms with Crippen LogP contribution in [-0.2, 0) is 38.9 Å². The average molecular weight is 921 g/mol. The third kappa shape index (κ3) is 9.08. The number of carbonyl (C=O) groups is 1. The summed E-state index contributed by atoms with van der Waals surface area (Å²) >= 11 is 0. The van der Waals surface area contributed by atoms with Crippen LogP contribution < -0.4 is 28.4 Å². The number of hydrogen-bond acceptors (Lipinski definition) is 9. The molecule has 1 fully saturated rings. The van der Waals surface area contributed by atoms with Gasteiger partial charge in [0.05, 0.1) is 93.3 Å². The van der Waals surface area contributed by atoms with E-state index in [1.807, 2.05) is 12.1 Å². The van der Waals surface area contributed by atoms with Crippen molar-refractivity contribution in [2.75, 3.05) is 88.5 Å². The molecule has 3 heterocycles. The van der Waals surface area contributed by atoms with Gasteiger partial charge in [-0.3, -0.25) is 4.79 Å². The fourth-order valence-electron chi connectivity index (χ4n) is 13.2. The van der Waals surface area contributed by atoms with E-state index in [9.17, 15) is 4.79 Å². The molecule has 0 amide bonds. The number of unbranched alkanes of at least 4 members (excludes halogenated alkanes) is 6. The quantitative estimate of drug-likeness (QED) is 0.0357. The summed E-state index contributed by atoms with van der Waals surface area (Å²) in [5.74, 6) is 4.89. The lowest BCUT2D eigenvalue weighted by atomic mass is 9.52. The first kappa shape index (κ1) is 48.5. The van der Waals surface area contributed by atoms with Gasteiger partial charge >= 0.3 is 5.97 Å². The molecule has 1 spiro atoms. The molecule has 11 nitrogen and oxygen atoms in total. The van der Waals surface area contributed by atoms with Gasteiger partial charge in [-0.15, -0.1) is 0 Å². The van der Waals surface area contributed by atoms with Crippen molar-refractivity contribution in [1.82, 2.24) is 0 Å². The second-order valence-corrected chi connectivity index (χ2v) is 19.6. The first-order chi connectivity index (χ1) is 32.7. The Balaban J connectivity index is 0.816. The molecule has 3 unspecified atom stereocenters. The Hall–Kier alpha value is -4.97. The van der Waals surface area contributed by atoms with E-state index < -0.39 is 0 Å². The van der Waals surface area contributed by atoms with Crippen LogP contribution in [0.15, 0.2) is 79.9 Å². The molecule has 3 aliphatic heterocycles. The molecule has 11 heteroatoms.